The van der Waals surface area contributed by atoms with Crippen LogP contribution in [0.25, 0.3) is 0 Å². The molecule has 2 aromatic carbocycles. The van der Waals surface area contributed by atoms with Gasteiger partial charge in [-0.25, -0.2) is 0 Å². The molecule has 0 spiro atoms. The molecule has 0 fully saturated rings. The highest BCUT2D eigenvalue weighted by Crippen LogP contribution is 2.23. The van der Waals surface area contributed by atoms with Crippen LogP contribution >= 0.6 is 27.5 Å². The molecular formula is C13H11BrClN. The molecule has 0 saturated carbocycles. The third-order valence-corrected chi connectivity index (χ3v) is 3.49. The van der Waals surface area contributed by atoms with Crippen molar-refractivity contribution in [1.29, 1.82) is 0 Å². The molecule has 0 unspecified atom stereocenters. The molecule has 0 atom stereocenters. The highest BCUT2D eigenvalue weighted by atomic mass is 79.9. The zero-order chi connectivity index (χ0) is 11.4. The Hall–Kier alpha value is -0.990. The fourth-order valence-electron chi connectivity index (χ4n) is 1.41. The highest BCUT2D eigenvalue weighted by Gasteiger charge is 1.98. The number of hydrogen-bond acceptors (Lipinski definition) is 1. The zero-order valence-electron chi connectivity index (χ0n) is 8.58. The molecule has 0 aromatic heterocycles. The van der Waals surface area contributed by atoms with Crippen LogP contribution in [0, 0.1) is 0 Å². The van der Waals surface area contributed by atoms with Gasteiger partial charge in [0.05, 0.1) is 5.02 Å². The summed E-state index contributed by atoms with van der Waals surface area (Å²) in [4.78, 5) is 0. The predicted octanol–water partition coefficient (Wildman–Crippen LogP) is 4.71. The molecule has 0 radical (unpaired) electrons. The first-order chi connectivity index (χ1) is 7.75. The van der Waals surface area contributed by atoms with E-state index in [-0.39, 0.29) is 0 Å². The van der Waals surface area contributed by atoms with Crippen molar-refractivity contribution in [2.24, 2.45) is 0 Å². The lowest BCUT2D eigenvalue weighted by Gasteiger charge is -2.07. The summed E-state index contributed by atoms with van der Waals surface area (Å²) in [6, 6.07) is 16.1. The summed E-state index contributed by atoms with van der Waals surface area (Å²) in [7, 11) is 0. The van der Waals surface area contributed by atoms with Crippen LogP contribution in [0.5, 0.6) is 0 Å². The lowest BCUT2D eigenvalue weighted by Crippen LogP contribution is -1.98. The maximum atomic E-state index is 6.02. The maximum absolute atomic E-state index is 6.02. The fraction of sp³-hybridized carbons (Fsp3) is 0.0769. The molecule has 82 valence electrons. The predicted molar refractivity (Wildman–Crippen MR) is 72.9 cm³/mol. The van der Waals surface area contributed by atoms with E-state index >= 15 is 0 Å². The molecule has 0 aliphatic heterocycles. The van der Waals surface area contributed by atoms with Gasteiger partial charge in [0.25, 0.3) is 0 Å². The van der Waals surface area contributed by atoms with Gasteiger partial charge in [0.1, 0.15) is 0 Å². The summed E-state index contributed by atoms with van der Waals surface area (Å²) in [5.41, 5.74) is 2.28. The summed E-state index contributed by atoms with van der Waals surface area (Å²) in [5.74, 6) is 0. The first-order valence-corrected chi connectivity index (χ1v) is 6.15. The number of anilines is 1. The minimum Gasteiger partial charge on any atom is -0.381 e. The van der Waals surface area contributed by atoms with Gasteiger partial charge in [0.15, 0.2) is 0 Å². The minimum atomic E-state index is 0.743. The Morgan fingerprint density at radius 1 is 1.06 bits per heavy atom. The maximum Gasteiger partial charge on any atom is 0.0551 e. The lowest BCUT2D eigenvalue weighted by molar-refractivity contribution is 1.15. The zero-order valence-corrected chi connectivity index (χ0v) is 10.9. The van der Waals surface area contributed by atoms with E-state index in [4.69, 9.17) is 11.6 Å². The van der Waals surface area contributed by atoms with Gasteiger partial charge in [-0.3, -0.25) is 0 Å². The van der Waals surface area contributed by atoms with Crippen LogP contribution in [0.3, 0.4) is 0 Å². The van der Waals surface area contributed by atoms with Crippen LogP contribution in [0.2, 0.25) is 5.02 Å². The van der Waals surface area contributed by atoms with Gasteiger partial charge in [0, 0.05) is 16.7 Å². The first kappa shape index (κ1) is 11.5. The van der Waals surface area contributed by atoms with E-state index < -0.39 is 0 Å². The quantitative estimate of drug-likeness (QED) is 0.864. The van der Waals surface area contributed by atoms with Crippen molar-refractivity contribution in [3.63, 3.8) is 0 Å². The van der Waals surface area contributed by atoms with Gasteiger partial charge in [-0.2, -0.15) is 0 Å². The number of nitrogens with one attached hydrogen (secondary N) is 1. The third kappa shape index (κ3) is 3.00. The van der Waals surface area contributed by atoms with E-state index in [1.165, 1.54) is 0 Å². The van der Waals surface area contributed by atoms with Crippen LogP contribution < -0.4 is 5.32 Å². The topological polar surface area (TPSA) is 12.0 Å². The van der Waals surface area contributed by atoms with E-state index in [0.717, 1.165) is 27.3 Å². The smallest absolute Gasteiger partial charge is 0.0551 e. The minimum absolute atomic E-state index is 0.743. The molecule has 0 aliphatic rings. The van der Waals surface area contributed by atoms with Crippen LogP contribution in [-0.4, -0.2) is 0 Å². The van der Waals surface area contributed by atoms with Crippen LogP contribution in [-0.2, 0) is 6.54 Å². The number of benzene rings is 2. The lowest BCUT2D eigenvalue weighted by atomic mass is 10.2. The molecule has 2 rings (SSSR count). The molecule has 1 N–H and O–H groups in total. The Bertz CT molecular complexity index is 471. The number of rotatable bonds is 3. The van der Waals surface area contributed by atoms with Crippen molar-refractivity contribution in [3.05, 3.63) is 63.6 Å². The Kier molecular flexibility index (Phi) is 3.86. The summed E-state index contributed by atoms with van der Waals surface area (Å²) in [6.07, 6.45) is 0. The second-order valence-electron chi connectivity index (χ2n) is 3.47. The molecule has 0 saturated heterocycles. The van der Waals surface area contributed by atoms with Crippen molar-refractivity contribution in [2.45, 2.75) is 6.54 Å². The van der Waals surface area contributed by atoms with Crippen LogP contribution in [0.15, 0.2) is 53.0 Å². The second-order valence-corrected chi connectivity index (χ2v) is 4.73. The molecule has 0 bridgehead atoms. The molecule has 0 amide bonds. The number of para-hydroxylation sites is 1. The van der Waals surface area contributed by atoms with Crippen molar-refractivity contribution < 1.29 is 0 Å². The van der Waals surface area contributed by atoms with E-state index in [2.05, 4.69) is 21.2 Å². The molecular weight excluding hydrogens is 286 g/mol. The van der Waals surface area contributed by atoms with Gasteiger partial charge in [0.2, 0.25) is 0 Å². The van der Waals surface area contributed by atoms with Gasteiger partial charge < -0.3 is 5.32 Å². The molecule has 2 aromatic rings. The Balaban J connectivity index is 2.03. The van der Waals surface area contributed by atoms with Gasteiger partial charge in [-0.15, -0.1) is 0 Å². The van der Waals surface area contributed by atoms with E-state index in [1.54, 1.807) is 0 Å². The Morgan fingerprint density at radius 2 is 1.81 bits per heavy atom. The monoisotopic (exact) mass is 295 g/mol. The average Bonchev–Trinajstić information content (AvgIpc) is 2.32. The van der Waals surface area contributed by atoms with E-state index in [0.29, 0.717) is 0 Å². The van der Waals surface area contributed by atoms with Crippen molar-refractivity contribution in [2.75, 3.05) is 5.32 Å². The normalized spacial score (nSPS) is 10.1. The standard InChI is InChI=1S/C13H11BrClN/c14-12-7-6-10(8-13(12)15)9-16-11-4-2-1-3-5-11/h1-8,16H,9H2. The van der Waals surface area contributed by atoms with Crippen molar-refractivity contribution >= 4 is 33.2 Å². The summed E-state index contributed by atoms with van der Waals surface area (Å²) >= 11 is 9.39. The molecule has 0 aliphatic carbocycles. The SMILES string of the molecule is Clc1cc(CNc2ccccc2)ccc1Br. The molecule has 0 heterocycles. The molecule has 1 nitrogen and oxygen atoms in total. The van der Waals surface area contributed by atoms with Gasteiger partial charge in [-0.1, -0.05) is 35.9 Å². The highest BCUT2D eigenvalue weighted by molar-refractivity contribution is 9.10. The van der Waals surface area contributed by atoms with Gasteiger partial charge in [-0.05, 0) is 45.8 Å². The fourth-order valence-corrected chi connectivity index (χ4v) is 1.86. The third-order valence-electron chi connectivity index (χ3n) is 2.25. The van der Waals surface area contributed by atoms with Crippen LogP contribution in [0.4, 0.5) is 5.69 Å². The summed E-state index contributed by atoms with van der Waals surface area (Å²) < 4.78 is 0.928. The molecule has 3 heteroatoms. The summed E-state index contributed by atoms with van der Waals surface area (Å²) in [5, 5.41) is 4.08. The first-order valence-electron chi connectivity index (χ1n) is 4.98. The van der Waals surface area contributed by atoms with Crippen molar-refractivity contribution in [1.82, 2.24) is 0 Å². The van der Waals surface area contributed by atoms with Crippen LogP contribution in [0.1, 0.15) is 5.56 Å². The van der Waals surface area contributed by atoms with Gasteiger partial charge >= 0.3 is 0 Å². The number of halogens is 2. The van der Waals surface area contributed by atoms with Crippen molar-refractivity contribution in [3.8, 4) is 0 Å². The number of hydrogen-bond donors (Lipinski definition) is 1. The summed E-state index contributed by atoms with van der Waals surface area (Å²) in [6.45, 7) is 0.775. The largest absolute Gasteiger partial charge is 0.381 e. The second kappa shape index (κ2) is 5.37. The average molecular weight is 297 g/mol. The van der Waals surface area contributed by atoms with E-state index in [9.17, 15) is 0 Å². The Labute approximate surface area is 109 Å². The Morgan fingerprint density at radius 3 is 2.50 bits per heavy atom. The van der Waals surface area contributed by atoms with E-state index in [1.807, 2.05) is 48.5 Å². The molecule has 16 heavy (non-hydrogen) atoms.